The number of aromatic nitrogens is 2. The van der Waals surface area contributed by atoms with Crippen LogP contribution in [0.4, 0.5) is 17.3 Å². The molecule has 0 saturated heterocycles. The fourth-order valence-electron chi connectivity index (χ4n) is 3.54. The molecular weight excluding hydrogens is 438 g/mol. The van der Waals surface area contributed by atoms with Gasteiger partial charge in [0.05, 0.1) is 15.9 Å². The van der Waals surface area contributed by atoms with E-state index in [9.17, 15) is 13.2 Å². The summed E-state index contributed by atoms with van der Waals surface area (Å²) >= 11 is 0. The fraction of sp³-hybridized carbons (Fsp3) is 0.167. The van der Waals surface area contributed by atoms with Gasteiger partial charge in [0.25, 0.3) is 15.9 Å². The highest BCUT2D eigenvalue weighted by Crippen LogP contribution is 2.24. The highest BCUT2D eigenvalue weighted by atomic mass is 32.2. The predicted octanol–water partition coefficient (Wildman–Crippen LogP) is 4.54. The van der Waals surface area contributed by atoms with E-state index in [4.69, 9.17) is 0 Å². The van der Waals surface area contributed by atoms with E-state index in [-0.39, 0.29) is 10.8 Å². The predicted molar refractivity (Wildman–Crippen MR) is 131 cm³/mol. The number of anilines is 3. The molecule has 0 fully saturated rings. The number of sulfonamides is 1. The molecule has 1 heterocycles. The molecule has 0 spiro atoms. The van der Waals surface area contributed by atoms with Crippen molar-refractivity contribution < 1.29 is 13.2 Å². The number of nitrogens with zero attached hydrogens (tertiary/aromatic N) is 2. The van der Waals surface area contributed by atoms with E-state index >= 15 is 0 Å². The SMILES string of the molecule is CCCn1c(NC(=O)c2cccc(NS(=O)(=O)c3ccccc3)c2)nc2cc(NC)ccc21. The van der Waals surface area contributed by atoms with E-state index in [0.717, 1.165) is 23.1 Å². The van der Waals surface area contributed by atoms with Crippen molar-refractivity contribution in [2.24, 2.45) is 0 Å². The number of rotatable bonds is 8. The number of aryl methyl sites for hydroxylation is 1. The van der Waals surface area contributed by atoms with Crippen molar-refractivity contribution in [2.45, 2.75) is 24.8 Å². The second-order valence-corrected chi connectivity index (χ2v) is 9.18. The number of carbonyl (C=O) groups excluding carboxylic acids is 1. The van der Waals surface area contributed by atoms with E-state index < -0.39 is 10.0 Å². The average Bonchev–Trinajstić information content (AvgIpc) is 3.15. The van der Waals surface area contributed by atoms with Gasteiger partial charge < -0.3 is 9.88 Å². The van der Waals surface area contributed by atoms with Gasteiger partial charge in [0.2, 0.25) is 5.95 Å². The number of benzene rings is 3. The van der Waals surface area contributed by atoms with Gasteiger partial charge in [0, 0.05) is 30.5 Å². The summed E-state index contributed by atoms with van der Waals surface area (Å²) in [5.74, 6) is 0.0673. The minimum atomic E-state index is -3.76. The molecule has 0 aliphatic heterocycles. The number of imidazole rings is 1. The van der Waals surface area contributed by atoms with E-state index in [0.29, 0.717) is 23.7 Å². The monoisotopic (exact) mass is 463 g/mol. The average molecular weight is 464 g/mol. The first-order valence-corrected chi connectivity index (χ1v) is 12.1. The van der Waals surface area contributed by atoms with Crippen molar-refractivity contribution >= 4 is 44.3 Å². The van der Waals surface area contributed by atoms with Gasteiger partial charge in [-0.2, -0.15) is 0 Å². The Morgan fingerprint density at radius 2 is 1.76 bits per heavy atom. The normalized spacial score (nSPS) is 11.3. The van der Waals surface area contributed by atoms with Crippen molar-refractivity contribution in [1.29, 1.82) is 0 Å². The molecule has 3 N–H and O–H groups in total. The summed E-state index contributed by atoms with van der Waals surface area (Å²) in [6, 6.07) is 20.3. The second-order valence-electron chi connectivity index (χ2n) is 7.49. The first kappa shape index (κ1) is 22.3. The van der Waals surface area contributed by atoms with Crippen LogP contribution in [-0.4, -0.2) is 30.9 Å². The molecular formula is C24H25N5O3S. The molecule has 0 aliphatic carbocycles. The number of amides is 1. The maximum Gasteiger partial charge on any atom is 0.261 e. The van der Waals surface area contributed by atoms with Crippen molar-refractivity contribution in [2.75, 3.05) is 22.4 Å². The molecule has 33 heavy (non-hydrogen) atoms. The quantitative estimate of drug-likeness (QED) is 0.356. The third-order valence-electron chi connectivity index (χ3n) is 5.14. The molecule has 4 aromatic rings. The van der Waals surface area contributed by atoms with Crippen LogP contribution in [0.3, 0.4) is 0 Å². The Morgan fingerprint density at radius 1 is 0.970 bits per heavy atom. The first-order valence-electron chi connectivity index (χ1n) is 10.6. The Bertz CT molecular complexity index is 1400. The first-order chi connectivity index (χ1) is 15.9. The third kappa shape index (κ3) is 4.83. The Hall–Kier alpha value is -3.85. The van der Waals surface area contributed by atoms with Gasteiger partial charge in [-0.05, 0) is 55.0 Å². The third-order valence-corrected chi connectivity index (χ3v) is 6.54. The van der Waals surface area contributed by atoms with Gasteiger partial charge in [0.1, 0.15) is 0 Å². The summed E-state index contributed by atoms with van der Waals surface area (Å²) in [5.41, 5.74) is 3.24. The second kappa shape index (κ2) is 9.33. The van der Waals surface area contributed by atoms with Crippen molar-refractivity contribution in [1.82, 2.24) is 9.55 Å². The summed E-state index contributed by atoms with van der Waals surface area (Å²) in [6.07, 6.45) is 0.874. The van der Waals surface area contributed by atoms with Crippen molar-refractivity contribution in [3.8, 4) is 0 Å². The van der Waals surface area contributed by atoms with Gasteiger partial charge in [-0.3, -0.25) is 14.8 Å². The molecule has 0 atom stereocenters. The number of fused-ring (bicyclic) bond motifs is 1. The molecule has 0 unspecified atom stereocenters. The molecule has 4 rings (SSSR count). The maximum absolute atomic E-state index is 13.0. The Kier molecular flexibility index (Phi) is 6.32. The molecule has 170 valence electrons. The number of carbonyl (C=O) groups is 1. The smallest absolute Gasteiger partial charge is 0.261 e. The minimum absolute atomic E-state index is 0.147. The lowest BCUT2D eigenvalue weighted by Crippen LogP contribution is -2.17. The Labute approximate surface area is 192 Å². The van der Waals surface area contributed by atoms with Crippen LogP contribution in [0.1, 0.15) is 23.7 Å². The van der Waals surface area contributed by atoms with Gasteiger partial charge >= 0.3 is 0 Å². The highest BCUT2D eigenvalue weighted by Gasteiger charge is 2.17. The molecule has 9 heteroatoms. The number of hydrogen-bond donors (Lipinski definition) is 3. The zero-order valence-corrected chi connectivity index (χ0v) is 19.2. The van der Waals surface area contributed by atoms with Crippen LogP contribution >= 0.6 is 0 Å². The molecule has 0 aliphatic rings. The highest BCUT2D eigenvalue weighted by molar-refractivity contribution is 7.92. The van der Waals surface area contributed by atoms with Crippen molar-refractivity contribution in [3.63, 3.8) is 0 Å². The molecule has 0 bridgehead atoms. The fourth-order valence-corrected chi connectivity index (χ4v) is 4.61. The van der Waals surface area contributed by atoms with E-state index in [1.807, 2.05) is 29.8 Å². The Balaban J connectivity index is 1.59. The van der Waals surface area contributed by atoms with Gasteiger partial charge in [-0.25, -0.2) is 13.4 Å². The molecule has 0 saturated carbocycles. The van der Waals surface area contributed by atoms with Gasteiger partial charge in [0.15, 0.2) is 0 Å². The topological polar surface area (TPSA) is 105 Å². The van der Waals surface area contributed by atoms with E-state index in [1.165, 1.54) is 18.2 Å². The molecule has 8 nitrogen and oxygen atoms in total. The molecule has 1 amide bonds. The van der Waals surface area contributed by atoms with Crippen LogP contribution in [0.2, 0.25) is 0 Å². The van der Waals surface area contributed by atoms with Crippen LogP contribution < -0.4 is 15.4 Å². The van der Waals surface area contributed by atoms with Crippen molar-refractivity contribution in [3.05, 3.63) is 78.4 Å². The molecule has 0 radical (unpaired) electrons. The summed E-state index contributed by atoms with van der Waals surface area (Å²) < 4.78 is 29.7. The lowest BCUT2D eigenvalue weighted by atomic mass is 10.2. The molecule has 1 aromatic heterocycles. The standard InChI is InChI=1S/C24H25N5O3S/c1-3-14-29-22-13-12-18(25-2)16-21(22)26-24(29)27-23(30)17-8-7-9-19(15-17)28-33(31,32)20-10-5-4-6-11-20/h4-13,15-16,25,28H,3,14H2,1-2H3,(H,26,27,30). The van der Waals surface area contributed by atoms with E-state index in [2.05, 4.69) is 27.3 Å². The maximum atomic E-state index is 13.0. The molecule has 3 aromatic carbocycles. The van der Waals surface area contributed by atoms with Crippen LogP contribution in [0, 0.1) is 0 Å². The lowest BCUT2D eigenvalue weighted by molar-refractivity contribution is 0.102. The summed E-state index contributed by atoms with van der Waals surface area (Å²) in [7, 11) is -1.92. The lowest BCUT2D eigenvalue weighted by Gasteiger charge is -2.11. The zero-order chi connectivity index (χ0) is 23.4. The summed E-state index contributed by atoms with van der Waals surface area (Å²) in [5, 5.41) is 5.97. The minimum Gasteiger partial charge on any atom is -0.388 e. The summed E-state index contributed by atoms with van der Waals surface area (Å²) in [6.45, 7) is 2.75. The van der Waals surface area contributed by atoms with Crippen LogP contribution in [0.25, 0.3) is 11.0 Å². The van der Waals surface area contributed by atoms with Gasteiger partial charge in [-0.15, -0.1) is 0 Å². The van der Waals surface area contributed by atoms with E-state index in [1.54, 1.807) is 36.4 Å². The Morgan fingerprint density at radius 3 is 2.48 bits per heavy atom. The van der Waals surface area contributed by atoms with Gasteiger partial charge in [-0.1, -0.05) is 31.2 Å². The van der Waals surface area contributed by atoms with Crippen LogP contribution in [0.5, 0.6) is 0 Å². The number of nitrogens with one attached hydrogen (secondary N) is 3. The number of hydrogen-bond acceptors (Lipinski definition) is 5. The van der Waals surface area contributed by atoms with Crippen LogP contribution in [0.15, 0.2) is 77.7 Å². The zero-order valence-electron chi connectivity index (χ0n) is 18.4. The summed E-state index contributed by atoms with van der Waals surface area (Å²) in [4.78, 5) is 17.8. The largest absolute Gasteiger partial charge is 0.388 e. The van der Waals surface area contributed by atoms with Crippen LogP contribution in [-0.2, 0) is 16.6 Å².